The van der Waals surface area contributed by atoms with Crippen molar-refractivity contribution in [3.8, 4) is 0 Å². The molecule has 0 aliphatic carbocycles. The molecule has 2 amide bonds. The van der Waals surface area contributed by atoms with Crippen LogP contribution in [0.15, 0.2) is 0 Å². The molecule has 1 rings (SSSR count). The van der Waals surface area contributed by atoms with Crippen LogP contribution in [0.4, 0.5) is 4.79 Å². The lowest BCUT2D eigenvalue weighted by Crippen LogP contribution is -2.56. The van der Waals surface area contributed by atoms with E-state index in [-0.39, 0.29) is 30.6 Å². The first-order valence-corrected chi connectivity index (χ1v) is 7.76. The van der Waals surface area contributed by atoms with Crippen molar-refractivity contribution in [2.45, 2.75) is 45.7 Å². The number of urea groups is 1. The zero-order valence-electron chi connectivity index (χ0n) is 12.2. The van der Waals surface area contributed by atoms with Crippen molar-refractivity contribution in [3.05, 3.63) is 0 Å². The third kappa shape index (κ3) is 4.60. The average Bonchev–Trinajstić information content (AvgIpc) is 2.27. The minimum absolute atomic E-state index is 0.0139. The maximum Gasteiger partial charge on any atom is 0.320 e. The summed E-state index contributed by atoms with van der Waals surface area (Å²) in [5, 5.41) is 8.82. The van der Waals surface area contributed by atoms with E-state index in [0.717, 1.165) is 18.1 Å². The number of nitrogens with zero attached hydrogens (tertiary/aromatic N) is 2. The van der Waals surface area contributed by atoms with Gasteiger partial charge in [-0.2, -0.15) is 11.8 Å². The largest absolute Gasteiger partial charge is 0.481 e. The van der Waals surface area contributed by atoms with Gasteiger partial charge in [0.25, 0.3) is 0 Å². The molecular weight excluding hydrogens is 264 g/mol. The highest BCUT2D eigenvalue weighted by Crippen LogP contribution is 2.22. The highest BCUT2D eigenvalue weighted by Gasteiger charge is 2.33. The van der Waals surface area contributed by atoms with E-state index in [9.17, 15) is 9.59 Å². The highest BCUT2D eigenvalue weighted by atomic mass is 32.2. The van der Waals surface area contributed by atoms with Crippen LogP contribution in [0.5, 0.6) is 0 Å². The summed E-state index contributed by atoms with van der Waals surface area (Å²) in [5.41, 5.74) is -0.364. The molecule has 0 saturated carbocycles. The second-order valence-electron chi connectivity index (χ2n) is 5.87. The average molecular weight is 288 g/mol. The quantitative estimate of drug-likeness (QED) is 0.864. The first-order valence-electron chi connectivity index (χ1n) is 6.61. The number of hydrogen-bond acceptors (Lipinski definition) is 3. The standard InChI is InChI=1S/C13H24N2O3S/c1-10-9-19-8-7-14(10)12(18)15(13(2,3)4)6-5-11(16)17/h10H,5-9H2,1-4H3,(H,16,17). The predicted octanol–water partition coefficient (Wildman–Crippen LogP) is 2.12. The number of carboxylic acid groups (broad SMARTS) is 1. The Morgan fingerprint density at radius 3 is 2.53 bits per heavy atom. The van der Waals surface area contributed by atoms with E-state index in [1.165, 1.54) is 0 Å². The van der Waals surface area contributed by atoms with Gasteiger partial charge in [-0.1, -0.05) is 0 Å². The number of thioether (sulfide) groups is 1. The molecule has 1 unspecified atom stereocenters. The fourth-order valence-electron chi connectivity index (χ4n) is 2.09. The zero-order chi connectivity index (χ0) is 14.6. The molecule has 0 bridgehead atoms. The minimum atomic E-state index is -0.871. The molecule has 110 valence electrons. The second kappa shape index (κ2) is 6.50. The van der Waals surface area contributed by atoms with E-state index < -0.39 is 5.97 Å². The van der Waals surface area contributed by atoms with Gasteiger partial charge < -0.3 is 14.9 Å². The molecule has 0 aromatic heterocycles. The third-order valence-corrected chi connectivity index (χ3v) is 4.39. The van der Waals surface area contributed by atoms with Gasteiger partial charge in [-0.05, 0) is 27.7 Å². The Morgan fingerprint density at radius 1 is 1.42 bits per heavy atom. The summed E-state index contributed by atoms with van der Waals surface area (Å²) in [7, 11) is 0. The Balaban J connectivity index is 2.78. The molecule has 0 aromatic rings. The lowest BCUT2D eigenvalue weighted by atomic mass is 10.1. The number of carbonyl (C=O) groups is 2. The van der Waals surface area contributed by atoms with Crippen molar-refractivity contribution < 1.29 is 14.7 Å². The van der Waals surface area contributed by atoms with Gasteiger partial charge in [-0.3, -0.25) is 4.79 Å². The van der Waals surface area contributed by atoms with Crippen molar-refractivity contribution in [1.82, 2.24) is 9.80 Å². The van der Waals surface area contributed by atoms with Crippen molar-refractivity contribution in [2.24, 2.45) is 0 Å². The van der Waals surface area contributed by atoms with Crippen LogP contribution in [0, 0.1) is 0 Å². The number of carbonyl (C=O) groups excluding carboxylic acids is 1. The molecule has 6 heteroatoms. The molecule has 1 heterocycles. The summed E-state index contributed by atoms with van der Waals surface area (Å²) >= 11 is 1.86. The Kier molecular flexibility index (Phi) is 5.52. The summed E-state index contributed by atoms with van der Waals surface area (Å²) in [5.74, 6) is 1.03. The first kappa shape index (κ1) is 16.1. The van der Waals surface area contributed by atoms with Crippen LogP contribution in [0.25, 0.3) is 0 Å². The Hall–Kier alpha value is -0.910. The van der Waals surface area contributed by atoms with Crippen LogP contribution in [0.2, 0.25) is 0 Å². The summed E-state index contributed by atoms with van der Waals surface area (Å²) in [4.78, 5) is 26.9. The van der Waals surface area contributed by atoms with Crippen LogP contribution in [-0.2, 0) is 4.79 Å². The summed E-state index contributed by atoms with van der Waals surface area (Å²) < 4.78 is 0. The molecule has 19 heavy (non-hydrogen) atoms. The van der Waals surface area contributed by atoms with E-state index in [2.05, 4.69) is 0 Å². The maximum atomic E-state index is 12.6. The van der Waals surface area contributed by atoms with E-state index in [1.54, 1.807) is 4.90 Å². The predicted molar refractivity (Wildman–Crippen MR) is 77.6 cm³/mol. The van der Waals surface area contributed by atoms with Crippen LogP contribution in [0.1, 0.15) is 34.1 Å². The molecule has 0 spiro atoms. The lowest BCUT2D eigenvalue weighted by Gasteiger charge is -2.42. The SMILES string of the molecule is CC1CSCCN1C(=O)N(CCC(=O)O)C(C)(C)C. The first-order chi connectivity index (χ1) is 8.73. The van der Waals surface area contributed by atoms with Gasteiger partial charge >= 0.3 is 12.0 Å². The van der Waals surface area contributed by atoms with Gasteiger partial charge in [-0.25, -0.2) is 4.79 Å². The zero-order valence-corrected chi connectivity index (χ0v) is 13.0. The molecule has 0 radical (unpaired) electrons. The van der Waals surface area contributed by atoms with Crippen molar-refractivity contribution in [1.29, 1.82) is 0 Å². The van der Waals surface area contributed by atoms with Crippen LogP contribution in [-0.4, -0.2) is 63.1 Å². The van der Waals surface area contributed by atoms with Gasteiger partial charge in [0, 0.05) is 36.2 Å². The fraction of sp³-hybridized carbons (Fsp3) is 0.846. The third-order valence-electron chi connectivity index (χ3n) is 3.20. The van der Waals surface area contributed by atoms with Gasteiger partial charge in [0.2, 0.25) is 0 Å². The summed E-state index contributed by atoms with van der Waals surface area (Å²) in [6.07, 6.45) is -0.0139. The minimum Gasteiger partial charge on any atom is -0.481 e. The van der Waals surface area contributed by atoms with E-state index in [1.807, 2.05) is 44.4 Å². The number of amides is 2. The van der Waals surface area contributed by atoms with Gasteiger partial charge in [0.15, 0.2) is 0 Å². The Labute approximate surface area is 119 Å². The Bertz CT molecular complexity index is 341. The van der Waals surface area contributed by atoms with E-state index in [4.69, 9.17) is 5.11 Å². The molecule has 1 fully saturated rings. The van der Waals surface area contributed by atoms with Gasteiger partial charge in [-0.15, -0.1) is 0 Å². The molecule has 1 atom stereocenters. The highest BCUT2D eigenvalue weighted by molar-refractivity contribution is 7.99. The topological polar surface area (TPSA) is 60.9 Å². The van der Waals surface area contributed by atoms with Gasteiger partial charge in [0.1, 0.15) is 0 Å². The lowest BCUT2D eigenvalue weighted by molar-refractivity contribution is -0.137. The summed E-state index contributed by atoms with van der Waals surface area (Å²) in [6, 6.07) is 0.169. The Morgan fingerprint density at radius 2 is 2.05 bits per heavy atom. The smallest absolute Gasteiger partial charge is 0.320 e. The maximum absolute atomic E-state index is 12.6. The van der Waals surface area contributed by atoms with E-state index >= 15 is 0 Å². The van der Waals surface area contributed by atoms with Crippen LogP contribution < -0.4 is 0 Å². The van der Waals surface area contributed by atoms with Crippen molar-refractivity contribution in [2.75, 3.05) is 24.6 Å². The number of rotatable bonds is 3. The van der Waals surface area contributed by atoms with Crippen LogP contribution >= 0.6 is 11.8 Å². The molecule has 1 aliphatic heterocycles. The molecule has 1 aliphatic rings. The molecule has 1 N–H and O–H groups in total. The molecule has 0 aromatic carbocycles. The monoisotopic (exact) mass is 288 g/mol. The normalized spacial score (nSPS) is 20.2. The van der Waals surface area contributed by atoms with Crippen molar-refractivity contribution >= 4 is 23.8 Å². The van der Waals surface area contributed by atoms with Crippen LogP contribution in [0.3, 0.4) is 0 Å². The molecule has 5 nitrogen and oxygen atoms in total. The fourth-order valence-corrected chi connectivity index (χ4v) is 3.11. The van der Waals surface area contributed by atoms with Gasteiger partial charge in [0.05, 0.1) is 6.42 Å². The molecular formula is C13H24N2O3S. The number of aliphatic carboxylic acids is 1. The molecule has 1 saturated heterocycles. The summed E-state index contributed by atoms with van der Waals surface area (Å²) in [6.45, 7) is 8.86. The van der Waals surface area contributed by atoms with Crippen molar-refractivity contribution in [3.63, 3.8) is 0 Å². The number of hydrogen-bond donors (Lipinski definition) is 1. The number of carboxylic acids is 1. The van der Waals surface area contributed by atoms with E-state index in [0.29, 0.717) is 0 Å². The second-order valence-corrected chi connectivity index (χ2v) is 7.02.